The van der Waals surface area contributed by atoms with Crippen molar-refractivity contribution in [3.63, 3.8) is 0 Å². The van der Waals surface area contributed by atoms with Crippen molar-refractivity contribution in [1.29, 1.82) is 0 Å². The van der Waals surface area contributed by atoms with E-state index in [4.69, 9.17) is 9.47 Å². The van der Waals surface area contributed by atoms with E-state index in [1.54, 1.807) is 16.8 Å². The molecule has 2 aromatic rings. The topological polar surface area (TPSA) is 78.3 Å². The molecule has 0 spiro atoms. The predicted octanol–water partition coefficient (Wildman–Crippen LogP) is 1.37. The number of carbonyl (C=O) groups is 1. The van der Waals surface area contributed by atoms with Crippen molar-refractivity contribution in [1.82, 2.24) is 20.1 Å². The van der Waals surface area contributed by atoms with Crippen LogP contribution < -0.4 is 14.8 Å². The Morgan fingerprint density at radius 1 is 1.32 bits per heavy atom. The number of carbonyl (C=O) groups excluding carboxylic acids is 1. The van der Waals surface area contributed by atoms with Crippen LogP contribution in [-0.2, 0) is 4.79 Å². The summed E-state index contributed by atoms with van der Waals surface area (Å²) in [6.07, 6.45) is -0.942. The zero-order valence-electron chi connectivity index (χ0n) is 12.7. The number of rotatable bonds is 4. The number of para-hydroxylation sites is 2. The van der Waals surface area contributed by atoms with Gasteiger partial charge in [0, 0.05) is 6.54 Å². The summed E-state index contributed by atoms with van der Waals surface area (Å²) in [6.45, 7) is 6.11. The second kappa shape index (κ2) is 5.67. The second-order valence-corrected chi connectivity index (χ2v) is 5.26. The van der Waals surface area contributed by atoms with Crippen molar-refractivity contribution in [3.05, 3.63) is 35.9 Å². The Labute approximate surface area is 128 Å². The lowest BCUT2D eigenvalue weighted by molar-refractivity contribution is -0.136. The lowest BCUT2D eigenvalue weighted by Gasteiger charge is -2.16. The maximum Gasteiger partial charge on any atom is 0.321 e. The quantitative estimate of drug-likeness (QED) is 0.923. The number of nitrogens with zero attached hydrogens (tertiary/aromatic N) is 3. The number of hydrogen-bond donors (Lipinski definition) is 1. The molecular weight excluding hydrogens is 284 g/mol. The molecule has 0 radical (unpaired) electrons. The minimum atomic E-state index is -0.942. The third-order valence-corrected chi connectivity index (χ3v) is 3.43. The molecule has 0 aliphatic carbocycles. The van der Waals surface area contributed by atoms with Gasteiger partial charge in [0.2, 0.25) is 0 Å². The van der Waals surface area contributed by atoms with Gasteiger partial charge in [-0.05, 0) is 32.9 Å². The molecule has 116 valence electrons. The van der Waals surface area contributed by atoms with E-state index < -0.39 is 6.29 Å². The average Bonchev–Trinajstić information content (AvgIpc) is 3.07. The Bertz CT molecular complexity index is 673. The first-order chi connectivity index (χ1) is 10.5. The summed E-state index contributed by atoms with van der Waals surface area (Å²) in [5.74, 6) is 2.39. The van der Waals surface area contributed by atoms with Crippen molar-refractivity contribution in [2.75, 3.05) is 6.54 Å². The van der Waals surface area contributed by atoms with Crippen LogP contribution >= 0.6 is 0 Å². The van der Waals surface area contributed by atoms with Crippen molar-refractivity contribution >= 4 is 5.91 Å². The molecule has 0 saturated heterocycles. The van der Waals surface area contributed by atoms with Crippen molar-refractivity contribution in [2.24, 2.45) is 0 Å². The van der Waals surface area contributed by atoms with Gasteiger partial charge in [-0.3, -0.25) is 4.79 Å². The number of ether oxygens (including phenoxy) is 2. The van der Waals surface area contributed by atoms with Gasteiger partial charge in [0.25, 0.3) is 0 Å². The molecule has 0 saturated carbocycles. The van der Waals surface area contributed by atoms with Gasteiger partial charge in [-0.1, -0.05) is 12.1 Å². The van der Waals surface area contributed by atoms with Crippen LogP contribution in [0.15, 0.2) is 24.3 Å². The van der Waals surface area contributed by atoms with Gasteiger partial charge in [-0.25, -0.2) is 9.67 Å². The molecular formula is C15H18N4O3. The number of amides is 1. The minimum Gasteiger partial charge on any atom is -0.442 e. The summed E-state index contributed by atoms with van der Waals surface area (Å²) in [6, 6.07) is 7.20. The van der Waals surface area contributed by atoms with Crippen LogP contribution in [0.25, 0.3) is 0 Å². The molecule has 22 heavy (non-hydrogen) atoms. The standard InChI is InChI=1S/C15H18N4O3/c1-9(19-11(3)17-10(2)18-19)8-16-14(20)15-21-12-6-4-5-7-13(12)22-15/h4-7,9,15H,8H2,1-3H3,(H,16,20). The number of aryl methyl sites for hydroxylation is 2. The van der Waals surface area contributed by atoms with Crippen molar-refractivity contribution in [3.8, 4) is 11.5 Å². The Morgan fingerprint density at radius 3 is 2.50 bits per heavy atom. The molecule has 7 nitrogen and oxygen atoms in total. The predicted molar refractivity (Wildman–Crippen MR) is 78.7 cm³/mol. The van der Waals surface area contributed by atoms with Crippen LogP contribution in [-0.4, -0.2) is 33.5 Å². The molecule has 1 unspecified atom stereocenters. The van der Waals surface area contributed by atoms with E-state index in [1.807, 2.05) is 32.9 Å². The Morgan fingerprint density at radius 2 is 1.95 bits per heavy atom. The fourth-order valence-electron chi connectivity index (χ4n) is 2.38. The molecule has 1 aromatic heterocycles. The molecule has 0 bridgehead atoms. The molecule has 1 amide bonds. The van der Waals surface area contributed by atoms with E-state index >= 15 is 0 Å². The van der Waals surface area contributed by atoms with Crippen LogP contribution in [0.5, 0.6) is 11.5 Å². The SMILES string of the molecule is Cc1nc(C)n(C(C)CNC(=O)C2Oc3ccccc3O2)n1. The van der Waals surface area contributed by atoms with Crippen molar-refractivity contribution < 1.29 is 14.3 Å². The number of nitrogens with one attached hydrogen (secondary N) is 1. The molecule has 1 aliphatic rings. The van der Waals surface area contributed by atoms with Crippen LogP contribution in [0, 0.1) is 13.8 Å². The highest BCUT2D eigenvalue weighted by molar-refractivity contribution is 5.81. The van der Waals surface area contributed by atoms with E-state index in [0.717, 1.165) is 5.82 Å². The van der Waals surface area contributed by atoms with Gasteiger partial charge in [0.05, 0.1) is 6.04 Å². The molecule has 0 fully saturated rings. The Hall–Kier alpha value is -2.57. The normalized spacial score (nSPS) is 14.9. The van der Waals surface area contributed by atoms with Crippen LogP contribution in [0.4, 0.5) is 0 Å². The number of fused-ring (bicyclic) bond motifs is 1. The Balaban J connectivity index is 1.56. The van der Waals surface area contributed by atoms with Gasteiger partial charge in [0.1, 0.15) is 11.6 Å². The van der Waals surface area contributed by atoms with Crippen LogP contribution in [0.2, 0.25) is 0 Å². The third-order valence-electron chi connectivity index (χ3n) is 3.43. The lowest BCUT2D eigenvalue weighted by atomic mass is 10.3. The maximum absolute atomic E-state index is 12.1. The van der Waals surface area contributed by atoms with Crippen LogP contribution in [0.1, 0.15) is 24.6 Å². The zero-order chi connectivity index (χ0) is 15.7. The third kappa shape index (κ3) is 2.74. The van der Waals surface area contributed by atoms with Gasteiger partial charge in [-0.15, -0.1) is 0 Å². The summed E-state index contributed by atoms with van der Waals surface area (Å²) in [7, 11) is 0. The molecule has 1 N–H and O–H groups in total. The first-order valence-electron chi connectivity index (χ1n) is 7.14. The highest BCUT2D eigenvalue weighted by atomic mass is 16.7. The number of hydrogen-bond acceptors (Lipinski definition) is 5. The minimum absolute atomic E-state index is 0.00562. The van der Waals surface area contributed by atoms with E-state index in [1.165, 1.54) is 0 Å². The van der Waals surface area contributed by atoms with E-state index in [0.29, 0.717) is 23.9 Å². The first kappa shape index (κ1) is 14.4. The Kier molecular flexibility index (Phi) is 3.70. The molecule has 1 atom stereocenters. The van der Waals surface area contributed by atoms with E-state index in [9.17, 15) is 4.79 Å². The average molecular weight is 302 g/mol. The fourth-order valence-corrected chi connectivity index (χ4v) is 2.38. The van der Waals surface area contributed by atoms with Gasteiger partial charge in [-0.2, -0.15) is 5.10 Å². The van der Waals surface area contributed by atoms with Crippen LogP contribution in [0.3, 0.4) is 0 Å². The summed E-state index contributed by atoms with van der Waals surface area (Å²) in [5, 5.41) is 7.13. The molecule has 2 heterocycles. The van der Waals surface area contributed by atoms with Gasteiger partial charge in [0.15, 0.2) is 11.5 Å². The lowest BCUT2D eigenvalue weighted by Crippen LogP contribution is -2.42. The summed E-state index contributed by atoms with van der Waals surface area (Å²) < 4.78 is 12.7. The summed E-state index contributed by atoms with van der Waals surface area (Å²) in [4.78, 5) is 16.4. The fraction of sp³-hybridized carbons (Fsp3) is 0.400. The zero-order valence-corrected chi connectivity index (χ0v) is 12.7. The molecule has 3 rings (SSSR count). The second-order valence-electron chi connectivity index (χ2n) is 5.26. The van der Waals surface area contributed by atoms with Crippen molar-refractivity contribution in [2.45, 2.75) is 33.1 Å². The largest absolute Gasteiger partial charge is 0.442 e. The summed E-state index contributed by atoms with van der Waals surface area (Å²) >= 11 is 0. The number of benzene rings is 1. The van der Waals surface area contributed by atoms with E-state index in [-0.39, 0.29) is 11.9 Å². The number of aromatic nitrogens is 3. The highest BCUT2D eigenvalue weighted by Gasteiger charge is 2.30. The van der Waals surface area contributed by atoms with Gasteiger partial charge >= 0.3 is 12.2 Å². The molecule has 1 aromatic carbocycles. The maximum atomic E-state index is 12.1. The monoisotopic (exact) mass is 302 g/mol. The smallest absolute Gasteiger partial charge is 0.321 e. The molecule has 1 aliphatic heterocycles. The summed E-state index contributed by atoms with van der Waals surface area (Å²) in [5.41, 5.74) is 0. The van der Waals surface area contributed by atoms with Gasteiger partial charge < -0.3 is 14.8 Å². The first-order valence-corrected chi connectivity index (χ1v) is 7.14. The molecule has 7 heteroatoms. The van der Waals surface area contributed by atoms with E-state index in [2.05, 4.69) is 15.4 Å². The highest BCUT2D eigenvalue weighted by Crippen LogP contribution is 2.33.